The van der Waals surface area contributed by atoms with Crippen LogP contribution in [0.1, 0.15) is 12.8 Å². The van der Waals surface area contributed by atoms with E-state index in [1.807, 2.05) is 0 Å². The summed E-state index contributed by atoms with van der Waals surface area (Å²) in [5.41, 5.74) is 1.31. The van der Waals surface area contributed by atoms with Crippen molar-refractivity contribution in [2.75, 3.05) is 6.54 Å². The summed E-state index contributed by atoms with van der Waals surface area (Å²) in [4.78, 5) is 0. The first-order valence-electron chi connectivity index (χ1n) is 5.81. The molecule has 16 heavy (non-hydrogen) atoms. The summed E-state index contributed by atoms with van der Waals surface area (Å²) >= 11 is 3.52. The van der Waals surface area contributed by atoms with E-state index in [2.05, 4.69) is 56.3 Å². The average molecular weight is 279 g/mol. The third kappa shape index (κ3) is 2.15. The minimum Gasteiger partial charge on any atom is -0.346 e. The second-order valence-electron chi connectivity index (χ2n) is 4.44. The number of aromatic nitrogens is 1. The minimum absolute atomic E-state index is 0.800. The van der Waals surface area contributed by atoms with Crippen molar-refractivity contribution in [2.45, 2.75) is 25.4 Å². The van der Waals surface area contributed by atoms with Crippen molar-refractivity contribution < 1.29 is 0 Å². The van der Waals surface area contributed by atoms with E-state index in [0.29, 0.717) is 0 Å². The van der Waals surface area contributed by atoms with E-state index in [-0.39, 0.29) is 0 Å². The summed E-state index contributed by atoms with van der Waals surface area (Å²) in [6.07, 6.45) is 4.89. The van der Waals surface area contributed by atoms with Crippen molar-refractivity contribution >= 4 is 26.8 Å². The van der Waals surface area contributed by atoms with Gasteiger partial charge in [0, 0.05) is 35.3 Å². The van der Waals surface area contributed by atoms with Crippen molar-refractivity contribution in [1.29, 1.82) is 0 Å². The van der Waals surface area contributed by atoms with Crippen LogP contribution in [0.4, 0.5) is 0 Å². The molecule has 0 amide bonds. The van der Waals surface area contributed by atoms with E-state index >= 15 is 0 Å². The number of fused-ring (bicyclic) bond motifs is 1. The summed E-state index contributed by atoms with van der Waals surface area (Å²) in [6.45, 7) is 2.12. The maximum Gasteiger partial charge on any atom is 0.0492 e. The van der Waals surface area contributed by atoms with Gasteiger partial charge in [0.15, 0.2) is 0 Å². The van der Waals surface area contributed by atoms with E-state index in [1.165, 1.54) is 23.7 Å². The molecule has 0 spiro atoms. The maximum absolute atomic E-state index is 3.54. The Labute approximate surface area is 104 Å². The zero-order chi connectivity index (χ0) is 11.0. The van der Waals surface area contributed by atoms with Gasteiger partial charge in [-0.25, -0.2) is 0 Å². The van der Waals surface area contributed by atoms with Crippen molar-refractivity contribution in [3.8, 4) is 0 Å². The van der Waals surface area contributed by atoms with Crippen LogP contribution in [0.15, 0.2) is 34.9 Å². The van der Waals surface area contributed by atoms with Crippen LogP contribution in [-0.4, -0.2) is 17.2 Å². The number of benzene rings is 1. The van der Waals surface area contributed by atoms with Gasteiger partial charge in [0.2, 0.25) is 0 Å². The average Bonchev–Trinajstić information content (AvgIpc) is 3.01. The summed E-state index contributed by atoms with van der Waals surface area (Å²) in [7, 11) is 0. The first-order chi connectivity index (χ1) is 7.83. The molecule has 1 aromatic carbocycles. The predicted octanol–water partition coefficient (Wildman–Crippen LogP) is 3.16. The lowest BCUT2D eigenvalue weighted by molar-refractivity contribution is 0.606. The lowest BCUT2D eigenvalue weighted by Gasteiger charge is -2.06. The van der Waals surface area contributed by atoms with Gasteiger partial charge >= 0.3 is 0 Å². The molecule has 2 nitrogen and oxygen atoms in total. The lowest BCUT2D eigenvalue weighted by Crippen LogP contribution is -2.21. The molecular weight excluding hydrogens is 264 g/mol. The largest absolute Gasteiger partial charge is 0.346 e. The maximum atomic E-state index is 3.54. The molecule has 0 atom stereocenters. The van der Waals surface area contributed by atoms with Crippen LogP contribution in [0.5, 0.6) is 0 Å². The Morgan fingerprint density at radius 2 is 2.19 bits per heavy atom. The van der Waals surface area contributed by atoms with Crippen LogP contribution in [0.2, 0.25) is 0 Å². The predicted molar refractivity (Wildman–Crippen MR) is 70.7 cm³/mol. The van der Waals surface area contributed by atoms with Gasteiger partial charge in [0.1, 0.15) is 0 Å². The molecule has 0 aliphatic heterocycles. The molecule has 1 aliphatic carbocycles. The smallest absolute Gasteiger partial charge is 0.0492 e. The third-order valence-electron chi connectivity index (χ3n) is 3.10. The highest BCUT2D eigenvalue weighted by molar-refractivity contribution is 9.10. The number of hydrogen-bond acceptors (Lipinski definition) is 1. The van der Waals surface area contributed by atoms with Gasteiger partial charge in [-0.3, -0.25) is 0 Å². The van der Waals surface area contributed by atoms with Crippen molar-refractivity contribution in [3.05, 3.63) is 34.9 Å². The van der Waals surface area contributed by atoms with Gasteiger partial charge in [0.05, 0.1) is 0 Å². The number of rotatable bonds is 4. The molecule has 0 radical (unpaired) electrons. The Hall–Kier alpha value is -0.800. The van der Waals surface area contributed by atoms with E-state index in [0.717, 1.165) is 23.6 Å². The van der Waals surface area contributed by atoms with Gasteiger partial charge in [-0.2, -0.15) is 0 Å². The second-order valence-corrected chi connectivity index (χ2v) is 5.36. The van der Waals surface area contributed by atoms with Crippen LogP contribution < -0.4 is 5.32 Å². The highest BCUT2D eigenvalue weighted by Crippen LogP contribution is 2.21. The Morgan fingerprint density at radius 3 is 3.00 bits per heavy atom. The van der Waals surface area contributed by atoms with Crippen LogP contribution in [0, 0.1) is 0 Å². The molecule has 3 rings (SSSR count). The van der Waals surface area contributed by atoms with E-state index in [1.54, 1.807) is 0 Å². The molecule has 1 aliphatic rings. The molecule has 1 fully saturated rings. The second kappa shape index (κ2) is 4.22. The normalized spacial score (nSPS) is 15.8. The quantitative estimate of drug-likeness (QED) is 0.909. The Bertz CT molecular complexity index is 500. The van der Waals surface area contributed by atoms with E-state index in [9.17, 15) is 0 Å². The zero-order valence-electron chi connectivity index (χ0n) is 9.12. The van der Waals surface area contributed by atoms with Gasteiger partial charge in [-0.05, 0) is 36.4 Å². The van der Waals surface area contributed by atoms with Crippen molar-refractivity contribution in [2.24, 2.45) is 0 Å². The number of nitrogens with one attached hydrogen (secondary N) is 1. The number of halogens is 1. The minimum atomic E-state index is 0.800. The fourth-order valence-corrected chi connectivity index (χ4v) is 2.38. The van der Waals surface area contributed by atoms with Gasteiger partial charge in [0.25, 0.3) is 0 Å². The molecule has 1 heterocycles. The molecule has 0 bridgehead atoms. The first-order valence-corrected chi connectivity index (χ1v) is 6.60. The Balaban J connectivity index is 1.76. The van der Waals surface area contributed by atoms with E-state index in [4.69, 9.17) is 0 Å². The molecule has 84 valence electrons. The zero-order valence-corrected chi connectivity index (χ0v) is 10.7. The highest BCUT2D eigenvalue weighted by atomic mass is 79.9. The fraction of sp³-hybridized carbons (Fsp3) is 0.385. The number of hydrogen-bond donors (Lipinski definition) is 1. The van der Waals surface area contributed by atoms with Crippen LogP contribution >= 0.6 is 15.9 Å². The van der Waals surface area contributed by atoms with Crippen molar-refractivity contribution in [1.82, 2.24) is 9.88 Å². The monoisotopic (exact) mass is 278 g/mol. The standard InChI is InChI=1S/C13H15BrN2/c14-11-2-1-10-5-7-16(13(10)9-11)8-6-15-12-3-4-12/h1-2,5,7,9,12,15H,3-4,6,8H2. The molecule has 0 unspecified atom stereocenters. The van der Waals surface area contributed by atoms with Crippen LogP contribution in [0.25, 0.3) is 10.9 Å². The third-order valence-corrected chi connectivity index (χ3v) is 3.59. The molecule has 1 N–H and O–H groups in total. The van der Waals surface area contributed by atoms with Crippen LogP contribution in [0.3, 0.4) is 0 Å². The molecule has 2 aromatic rings. The summed E-state index contributed by atoms with van der Waals surface area (Å²) < 4.78 is 3.46. The van der Waals surface area contributed by atoms with Gasteiger partial charge < -0.3 is 9.88 Å². The Morgan fingerprint density at radius 1 is 1.31 bits per heavy atom. The molecule has 1 aromatic heterocycles. The van der Waals surface area contributed by atoms with Crippen LogP contribution in [-0.2, 0) is 6.54 Å². The summed E-state index contributed by atoms with van der Waals surface area (Å²) in [6, 6.07) is 9.42. The number of nitrogens with zero attached hydrogens (tertiary/aromatic N) is 1. The van der Waals surface area contributed by atoms with Gasteiger partial charge in [-0.15, -0.1) is 0 Å². The lowest BCUT2D eigenvalue weighted by atomic mass is 10.2. The molecule has 0 saturated heterocycles. The topological polar surface area (TPSA) is 17.0 Å². The molecular formula is C13H15BrN2. The molecule has 1 saturated carbocycles. The summed E-state index contributed by atoms with van der Waals surface area (Å²) in [5.74, 6) is 0. The SMILES string of the molecule is Brc1ccc2ccn(CCNC3CC3)c2c1. The van der Waals surface area contributed by atoms with Crippen molar-refractivity contribution in [3.63, 3.8) is 0 Å². The molecule has 3 heteroatoms. The Kier molecular flexibility index (Phi) is 2.74. The fourth-order valence-electron chi connectivity index (χ4n) is 2.03. The van der Waals surface area contributed by atoms with E-state index < -0.39 is 0 Å². The summed E-state index contributed by atoms with van der Waals surface area (Å²) in [5, 5.41) is 4.86. The first kappa shape index (κ1) is 10.4. The van der Waals surface area contributed by atoms with Gasteiger partial charge in [-0.1, -0.05) is 22.0 Å². The highest BCUT2D eigenvalue weighted by Gasteiger charge is 2.19.